The Hall–Kier alpha value is -4.04. The van der Waals surface area contributed by atoms with Crippen LogP contribution in [0.5, 0.6) is 0 Å². The molecule has 0 spiro atoms. The molecule has 0 saturated heterocycles. The average Bonchev–Trinajstić information content (AvgIpc) is 3.42. The number of ether oxygens (including phenoxy) is 1. The SMILES string of the molecule is CCCC1=C(C(=O)OCC)[C@H](c2ccc(C(C)C)cc2)n2c(s/c(=C/c3cc(C)n(-c4cccnc4)c3C)c2=O)=N1. The molecular formula is C33H36N4O3S. The summed E-state index contributed by atoms with van der Waals surface area (Å²) in [5.74, 6) is -0.0561. The minimum absolute atomic E-state index is 0.171. The van der Waals surface area contributed by atoms with Crippen LogP contribution < -0.4 is 14.9 Å². The molecule has 0 bridgehead atoms. The van der Waals surface area contributed by atoms with Crippen molar-refractivity contribution in [3.63, 3.8) is 0 Å². The van der Waals surface area contributed by atoms with Crippen molar-refractivity contribution < 1.29 is 9.53 Å². The van der Waals surface area contributed by atoms with Gasteiger partial charge < -0.3 is 9.30 Å². The minimum Gasteiger partial charge on any atom is -0.463 e. The number of hydrogen-bond acceptors (Lipinski definition) is 6. The van der Waals surface area contributed by atoms with Gasteiger partial charge in [-0.15, -0.1) is 0 Å². The second-order valence-electron chi connectivity index (χ2n) is 10.6. The third-order valence-electron chi connectivity index (χ3n) is 7.47. The maximum atomic E-state index is 14.1. The van der Waals surface area contributed by atoms with Gasteiger partial charge in [0.25, 0.3) is 5.56 Å². The number of hydrogen-bond donors (Lipinski definition) is 0. The van der Waals surface area contributed by atoms with Crippen LogP contribution in [0.3, 0.4) is 0 Å². The molecule has 0 amide bonds. The number of thiazole rings is 1. The zero-order valence-electron chi connectivity index (χ0n) is 24.5. The number of aryl methyl sites for hydroxylation is 1. The molecule has 0 fully saturated rings. The number of pyridine rings is 1. The topological polar surface area (TPSA) is 78.5 Å². The molecule has 5 rings (SSSR count). The van der Waals surface area contributed by atoms with Crippen LogP contribution >= 0.6 is 11.3 Å². The third kappa shape index (κ3) is 5.36. The molecule has 7 nitrogen and oxygen atoms in total. The molecule has 0 aliphatic carbocycles. The van der Waals surface area contributed by atoms with Crippen LogP contribution in [-0.4, -0.2) is 26.7 Å². The fourth-order valence-corrected chi connectivity index (χ4v) is 6.47. The van der Waals surface area contributed by atoms with E-state index in [4.69, 9.17) is 9.73 Å². The van der Waals surface area contributed by atoms with Gasteiger partial charge in [-0.2, -0.15) is 0 Å². The van der Waals surface area contributed by atoms with Gasteiger partial charge in [0.05, 0.1) is 40.3 Å². The number of carbonyl (C=O) groups excluding carboxylic acids is 1. The highest BCUT2D eigenvalue weighted by atomic mass is 32.1. The molecule has 4 aromatic rings. The molecular weight excluding hydrogens is 532 g/mol. The molecule has 1 aromatic carbocycles. The first kappa shape index (κ1) is 28.5. The summed E-state index contributed by atoms with van der Waals surface area (Å²) in [4.78, 5) is 37.3. The molecule has 41 heavy (non-hydrogen) atoms. The summed E-state index contributed by atoms with van der Waals surface area (Å²) in [6.45, 7) is 12.5. The van der Waals surface area contributed by atoms with Gasteiger partial charge in [-0.1, -0.05) is 62.8 Å². The van der Waals surface area contributed by atoms with Gasteiger partial charge in [0.1, 0.15) is 0 Å². The van der Waals surface area contributed by atoms with Crippen molar-refractivity contribution in [1.82, 2.24) is 14.1 Å². The maximum absolute atomic E-state index is 14.1. The first-order valence-corrected chi connectivity index (χ1v) is 15.0. The summed E-state index contributed by atoms with van der Waals surface area (Å²) in [6.07, 6.45) is 6.95. The van der Waals surface area contributed by atoms with E-state index in [1.54, 1.807) is 17.7 Å². The van der Waals surface area contributed by atoms with E-state index in [-0.39, 0.29) is 12.2 Å². The molecule has 3 aromatic heterocycles. The molecule has 0 unspecified atom stereocenters. The van der Waals surface area contributed by atoms with E-state index in [1.807, 2.05) is 50.4 Å². The highest BCUT2D eigenvalue weighted by molar-refractivity contribution is 7.07. The molecule has 0 N–H and O–H groups in total. The molecule has 4 heterocycles. The predicted octanol–water partition coefficient (Wildman–Crippen LogP) is 5.50. The first-order valence-electron chi connectivity index (χ1n) is 14.2. The Bertz CT molecular complexity index is 1790. The van der Waals surface area contributed by atoms with Crippen molar-refractivity contribution in [2.45, 2.75) is 66.3 Å². The standard InChI is InChI=1S/C33H36N4O3S/c1-7-10-27-29(32(39)40-8-2)30(24-14-12-23(13-15-24)20(3)4)37-31(38)28(41-33(37)35-27)18-25-17-21(5)36(22(25)6)26-11-9-16-34-19-26/h9,11-20,30H,7-8,10H2,1-6H3/b28-18+/t30-/m0/s1. The van der Waals surface area contributed by atoms with E-state index in [9.17, 15) is 9.59 Å². The third-order valence-corrected chi connectivity index (χ3v) is 8.46. The number of benzene rings is 1. The lowest BCUT2D eigenvalue weighted by atomic mass is 9.92. The van der Waals surface area contributed by atoms with Crippen LogP contribution in [-0.2, 0) is 9.53 Å². The fourth-order valence-electron chi connectivity index (χ4n) is 5.46. The summed E-state index contributed by atoms with van der Waals surface area (Å²) in [6, 6.07) is 13.6. The normalized spacial score (nSPS) is 15.3. The highest BCUT2D eigenvalue weighted by Gasteiger charge is 2.34. The zero-order valence-corrected chi connectivity index (χ0v) is 25.3. The Morgan fingerprint density at radius 1 is 1.15 bits per heavy atom. The van der Waals surface area contributed by atoms with Crippen molar-refractivity contribution in [3.05, 3.63) is 114 Å². The lowest BCUT2D eigenvalue weighted by Crippen LogP contribution is -2.40. The monoisotopic (exact) mass is 568 g/mol. The first-order chi connectivity index (χ1) is 19.7. The number of nitrogens with zero attached hydrogens (tertiary/aromatic N) is 4. The molecule has 1 aliphatic rings. The quantitative estimate of drug-likeness (QED) is 0.263. The van der Waals surface area contributed by atoms with Crippen LogP contribution in [0.1, 0.15) is 80.6 Å². The summed E-state index contributed by atoms with van der Waals surface area (Å²) in [5, 5.41) is 0. The molecule has 212 valence electrons. The lowest BCUT2D eigenvalue weighted by molar-refractivity contribution is -0.139. The van der Waals surface area contributed by atoms with Crippen molar-refractivity contribution in [3.8, 4) is 5.69 Å². The Morgan fingerprint density at radius 2 is 1.90 bits per heavy atom. The molecule has 0 radical (unpaired) electrons. The number of aromatic nitrogens is 3. The second kappa shape index (κ2) is 11.8. The van der Waals surface area contributed by atoms with E-state index >= 15 is 0 Å². The summed E-state index contributed by atoms with van der Waals surface area (Å²) >= 11 is 1.36. The van der Waals surface area contributed by atoms with Gasteiger partial charge in [-0.05, 0) is 74.1 Å². The highest BCUT2D eigenvalue weighted by Crippen LogP contribution is 2.33. The zero-order chi connectivity index (χ0) is 29.3. The second-order valence-corrected chi connectivity index (χ2v) is 11.6. The van der Waals surface area contributed by atoms with Crippen LogP contribution in [0.2, 0.25) is 0 Å². The molecule has 1 atom stereocenters. The van der Waals surface area contributed by atoms with Gasteiger partial charge >= 0.3 is 5.97 Å². The van der Waals surface area contributed by atoms with Gasteiger partial charge in [0, 0.05) is 17.6 Å². The number of esters is 1. The number of allylic oxidation sites excluding steroid dienone is 1. The summed E-state index contributed by atoms with van der Waals surface area (Å²) in [7, 11) is 0. The Balaban J connectivity index is 1.72. The Labute approximate surface area is 244 Å². The predicted molar refractivity (Wildman–Crippen MR) is 163 cm³/mol. The van der Waals surface area contributed by atoms with Crippen molar-refractivity contribution in [1.29, 1.82) is 0 Å². The number of carbonyl (C=O) groups is 1. The van der Waals surface area contributed by atoms with Crippen molar-refractivity contribution in [2.24, 2.45) is 4.99 Å². The Morgan fingerprint density at radius 3 is 2.54 bits per heavy atom. The Kier molecular flexibility index (Phi) is 8.22. The lowest BCUT2D eigenvalue weighted by Gasteiger charge is -2.26. The summed E-state index contributed by atoms with van der Waals surface area (Å²) in [5.41, 5.74) is 7.00. The summed E-state index contributed by atoms with van der Waals surface area (Å²) < 4.78 is 9.89. The van der Waals surface area contributed by atoms with E-state index in [2.05, 4.69) is 48.5 Å². The van der Waals surface area contributed by atoms with E-state index in [0.717, 1.165) is 34.6 Å². The van der Waals surface area contributed by atoms with Crippen LogP contribution in [0.25, 0.3) is 11.8 Å². The van der Waals surface area contributed by atoms with Gasteiger partial charge in [0.2, 0.25) is 0 Å². The maximum Gasteiger partial charge on any atom is 0.338 e. The smallest absolute Gasteiger partial charge is 0.338 e. The van der Waals surface area contributed by atoms with E-state index in [0.29, 0.717) is 32.9 Å². The van der Waals surface area contributed by atoms with Crippen molar-refractivity contribution >= 4 is 23.4 Å². The molecule has 1 aliphatic heterocycles. The molecule has 0 saturated carbocycles. The van der Waals surface area contributed by atoms with Crippen LogP contribution in [0.4, 0.5) is 0 Å². The number of rotatable bonds is 8. The van der Waals surface area contributed by atoms with Gasteiger partial charge in [0.15, 0.2) is 4.80 Å². The largest absolute Gasteiger partial charge is 0.463 e. The van der Waals surface area contributed by atoms with Gasteiger partial charge in [-0.25, -0.2) is 9.79 Å². The number of fused-ring (bicyclic) bond motifs is 1. The van der Waals surface area contributed by atoms with E-state index in [1.165, 1.54) is 16.9 Å². The van der Waals surface area contributed by atoms with Crippen LogP contribution in [0, 0.1) is 13.8 Å². The molecule has 8 heteroatoms. The van der Waals surface area contributed by atoms with Gasteiger partial charge in [-0.3, -0.25) is 14.3 Å². The van der Waals surface area contributed by atoms with Crippen LogP contribution in [0.15, 0.2) is 75.9 Å². The minimum atomic E-state index is -0.613. The van der Waals surface area contributed by atoms with E-state index < -0.39 is 12.0 Å². The fraction of sp³-hybridized carbons (Fsp3) is 0.333. The van der Waals surface area contributed by atoms with Crippen molar-refractivity contribution in [2.75, 3.05) is 6.61 Å². The average molecular weight is 569 g/mol.